The molecule has 5 nitrogen and oxygen atoms in total. The zero-order valence-electron chi connectivity index (χ0n) is 16.9. The van der Waals surface area contributed by atoms with E-state index in [1.54, 1.807) is 31.3 Å². The summed E-state index contributed by atoms with van der Waals surface area (Å²) in [5.74, 6) is 2.79. The zero-order chi connectivity index (χ0) is 20.1. The third-order valence-corrected chi connectivity index (χ3v) is 6.20. The van der Waals surface area contributed by atoms with E-state index in [4.69, 9.17) is 4.74 Å². The number of benzene rings is 2. The topological polar surface area (TPSA) is 41.5 Å². The Morgan fingerprint density at radius 2 is 1.52 bits per heavy atom. The van der Waals surface area contributed by atoms with E-state index in [0.29, 0.717) is 0 Å². The lowest BCUT2D eigenvalue weighted by atomic mass is 10.2. The Hall–Kier alpha value is -2.73. The van der Waals surface area contributed by atoms with Gasteiger partial charge < -0.3 is 14.5 Å². The van der Waals surface area contributed by atoms with Gasteiger partial charge in [-0.25, -0.2) is 9.97 Å². The van der Waals surface area contributed by atoms with Gasteiger partial charge in [0.05, 0.1) is 7.11 Å². The summed E-state index contributed by atoms with van der Waals surface area (Å²) < 4.78 is 5.26. The minimum absolute atomic E-state index is 0.891. The summed E-state index contributed by atoms with van der Waals surface area (Å²) >= 11 is 1.76. The minimum atomic E-state index is 0.891. The van der Waals surface area contributed by atoms with Crippen LogP contribution in [0.5, 0.6) is 5.75 Å². The maximum atomic E-state index is 5.26. The van der Waals surface area contributed by atoms with Gasteiger partial charge in [-0.3, -0.25) is 0 Å². The predicted octanol–water partition coefficient (Wildman–Crippen LogP) is 4.41. The average Bonchev–Trinajstić information content (AvgIpc) is 2.79. The number of hydrogen-bond donors (Lipinski definition) is 0. The Bertz CT molecular complexity index is 922. The van der Waals surface area contributed by atoms with E-state index in [9.17, 15) is 0 Å². The Morgan fingerprint density at radius 1 is 0.862 bits per heavy atom. The molecule has 0 atom stereocenters. The highest BCUT2D eigenvalue weighted by atomic mass is 32.2. The summed E-state index contributed by atoms with van der Waals surface area (Å²) in [6.45, 7) is 5.91. The number of thioether (sulfide) groups is 1. The maximum absolute atomic E-state index is 5.26. The fourth-order valence-corrected chi connectivity index (χ4v) is 4.38. The number of methoxy groups -OCH3 is 1. The highest BCUT2D eigenvalue weighted by Gasteiger charge is 2.21. The molecule has 0 saturated carbocycles. The molecule has 0 aliphatic carbocycles. The number of rotatable bonds is 6. The van der Waals surface area contributed by atoms with Gasteiger partial charge >= 0.3 is 0 Å². The molecule has 0 bridgehead atoms. The molecule has 1 aliphatic rings. The van der Waals surface area contributed by atoms with E-state index in [1.807, 2.05) is 12.1 Å². The quantitative estimate of drug-likeness (QED) is 0.565. The summed E-state index contributed by atoms with van der Waals surface area (Å²) in [7, 11) is 1.70. The smallest absolute Gasteiger partial charge is 0.161 e. The third kappa shape index (κ3) is 4.82. The molecule has 1 fully saturated rings. The van der Waals surface area contributed by atoms with Crippen molar-refractivity contribution >= 4 is 23.3 Å². The lowest BCUT2D eigenvalue weighted by Crippen LogP contribution is -2.47. The van der Waals surface area contributed by atoms with Crippen LogP contribution in [0.2, 0.25) is 0 Å². The molecule has 0 radical (unpaired) electrons. The van der Waals surface area contributed by atoms with Gasteiger partial charge in [-0.2, -0.15) is 0 Å². The van der Waals surface area contributed by atoms with Gasteiger partial charge in [-0.15, -0.1) is 0 Å². The second kappa shape index (κ2) is 9.18. The summed E-state index contributed by atoms with van der Waals surface area (Å²) in [5, 5.41) is 1.01. The molecule has 4 rings (SSSR count). The zero-order valence-corrected chi connectivity index (χ0v) is 17.7. The van der Waals surface area contributed by atoms with E-state index < -0.39 is 0 Å². The van der Waals surface area contributed by atoms with E-state index in [-0.39, 0.29) is 0 Å². The van der Waals surface area contributed by atoms with Crippen LogP contribution in [0, 0.1) is 6.92 Å². The van der Waals surface area contributed by atoms with Crippen molar-refractivity contribution in [3.63, 3.8) is 0 Å². The van der Waals surface area contributed by atoms with Crippen molar-refractivity contribution in [1.29, 1.82) is 0 Å². The number of ether oxygens (including phenoxy) is 1. The monoisotopic (exact) mass is 406 g/mol. The van der Waals surface area contributed by atoms with E-state index in [1.165, 1.54) is 16.8 Å². The normalized spacial score (nSPS) is 14.1. The van der Waals surface area contributed by atoms with Crippen LogP contribution in [-0.2, 0) is 5.75 Å². The summed E-state index contributed by atoms with van der Waals surface area (Å²) in [6.07, 6.45) is 3.58. The Kier molecular flexibility index (Phi) is 6.20. The van der Waals surface area contributed by atoms with Crippen LogP contribution in [-0.4, -0.2) is 43.3 Å². The number of piperazine rings is 1. The van der Waals surface area contributed by atoms with Crippen LogP contribution in [0.1, 0.15) is 11.1 Å². The molecule has 29 heavy (non-hydrogen) atoms. The number of nitrogens with zero attached hydrogens (tertiary/aromatic N) is 4. The minimum Gasteiger partial charge on any atom is -0.497 e. The van der Waals surface area contributed by atoms with Gasteiger partial charge in [0.2, 0.25) is 0 Å². The molecule has 6 heteroatoms. The Labute approximate surface area is 176 Å². The average molecular weight is 407 g/mol. The molecule has 0 amide bonds. The number of anilines is 2. The first-order chi connectivity index (χ1) is 14.2. The van der Waals surface area contributed by atoms with Crippen molar-refractivity contribution in [1.82, 2.24) is 9.97 Å². The van der Waals surface area contributed by atoms with Crippen LogP contribution < -0.4 is 14.5 Å². The molecule has 0 N–H and O–H groups in total. The first-order valence-electron chi connectivity index (χ1n) is 9.86. The SMILES string of the molecule is COc1ccc(N2CCN(c3nccnc3SCc3ccc(C)cc3)CC2)cc1. The molecule has 3 aromatic rings. The highest BCUT2D eigenvalue weighted by molar-refractivity contribution is 7.98. The van der Waals surface area contributed by atoms with E-state index >= 15 is 0 Å². The first kappa shape index (κ1) is 19.6. The first-order valence-corrected chi connectivity index (χ1v) is 10.8. The van der Waals surface area contributed by atoms with E-state index in [2.05, 4.69) is 63.1 Å². The maximum Gasteiger partial charge on any atom is 0.161 e. The number of aromatic nitrogens is 2. The van der Waals surface area contributed by atoms with Gasteiger partial charge in [-0.05, 0) is 36.8 Å². The van der Waals surface area contributed by atoms with Gasteiger partial charge in [-0.1, -0.05) is 41.6 Å². The second-order valence-corrected chi connectivity index (χ2v) is 8.10. The number of hydrogen-bond acceptors (Lipinski definition) is 6. The lowest BCUT2D eigenvalue weighted by molar-refractivity contribution is 0.415. The standard InChI is InChI=1S/C23H26N4OS/c1-18-3-5-19(6-4-18)17-29-23-22(24-11-12-25-23)27-15-13-26(14-16-27)20-7-9-21(28-2)10-8-20/h3-12H,13-17H2,1-2H3. The molecule has 1 aromatic heterocycles. The molecule has 2 aromatic carbocycles. The van der Waals surface area contributed by atoms with Gasteiger partial charge in [0.25, 0.3) is 0 Å². The number of aryl methyl sites for hydroxylation is 1. The lowest BCUT2D eigenvalue weighted by Gasteiger charge is -2.37. The molecular weight excluding hydrogens is 380 g/mol. The largest absolute Gasteiger partial charge is 0.497 e. The van der Waals surface area contributed by atoms with Crippen molar-refractivity contribution < 1.29 is 4.74 Å². The van der Waals surface area contributed by atoms with Crippen molar-refractivity contribution in [2.24, 2.45) is 0 Å². The van der Waals surface area contributed by atoms with Crippen LogP contribution in [0.25, 0.3) is 0 Å². The van der Waals surface area contributed by atoms with Gasteiger partial charge in [0.15, 0.2) is 5.82 Å². The van der Waals surface area contributed by atoms with Crippen molar-refractivity contribution in [3.8, 4) is 5.75 Å². The van der Waals surface area contributed by atoms with Crippen molar-refractivity contribution in [2.75, 3.05) is 43.1 Å². The predicted molar refractivity (Wildman–Crippen MR) is 120 cm³/mol. The van der Waals surface area contributed by atoms with Crippen molar-refractivity contribution in [3.05, 3.63) is 72.1 Å². The van der Waals surface area contributed by atoms with Crippen molar-refractivity contribution in [2.45, 2.75) is 17.7 Å². The van der Waals surface area contributed by atoms with E-state index in [0.717, 1.165) is 48.5 Å². The summed E-state index contributed by atoms with van der Waals surface area (Å²) in [4.78, 5) is 14.0. The molecule has 1 aliphatic heterocycles. The fourth-order valence-electron chi connectivity index (χ4n) is 3.44. The van der Waals surface area contributed by atoms with Crippen LogP contribution in [0.15, 0.2) is 66.0 Å². The van der Waals surface area contributed by atoms with Crippen LogP contribution in [0.4, 0.5) is 11.5 Å². The second-order valence-electron chi connectivity index (χ2n) is 7.13. The highest BCUT2D eigenvalue weighted by Crippen LogP contribution is 2.30. The third-order valence-electron chi connectivity index (χ3n) is 5.16. The Balaban J connectivity index is 1.39. The molecule has 150 valence electrons. The molecular formula is C23H26N4OS. The van der Waals surface area contributed by atoms with Gasteiger partial charge in [0, 0.05) is 50.0 Å². The summed E-state index contributed by atoms with van der Waals surface area (Å²) in [5.41, 5.74) is 3.83. The molecule has 0 unspecified atom stereocenters. The van der Waals surface area contributed by atoms with Gasteiger partial charge in [0.1, 0.15) is 10.8 Å². The van der Waals surface area contributed by atoms with Crippen LogP contribution in [0.3, 0.4) is 0 Å². The molecule has 0 spiro atoms. The Morgan fingerprint density at radius 3 is 2.21 bits per heavy atom. The molecule has 1 saturated heterocycles. The summed E-state index contributed by atoms with van der Waals surface area (Å²) in [6, 6.07) is 17.0. The molecule has 2 heterocycles. The van der Waals surface area contributed by atoms with Crippen LogP contribution >= 0.6 is 11.8 Å². The fraction of sp³-hybridized carbons (Fsp3) is 0.304.